The first-order valence-corrected chi connectivity index (χ1v) is 13.7. The maximum Gasteiger partial charge on any atom is 0.246 e. The monoisotopic (exact) mass is 514 g/mol. The molecule has 0 aromatic carbocycles. The van der Waals surface area contributed by atoms with Gasteiger partial charge in [-0.1, -0.05) is 66.9 Å². The van der Waals surface area contributed by atoms with Crippen molar-refractivity contribution in [3.8, 4) is 0 Å². The molecule has 0 bridgehead atoms. The van der Waals surface area contributed by atoms with E-state index in [1.807, 2.05) is 13.8 Å². The van der Waals surface area contributed by atoms with Crippen LogP contribution in [0.2, 0.25) is 0 Å². The molecule has 1 aliphatic rings. The maximum atomic E-state index is 11.9. The van der Waals surface area contributed by atoms with Crippen LogP contribution in [0.25, 0.3) is 0 Å². The number of aliphatic hydroxyl groups excluding tert-OH is 1. The van der Waals surface area contributed by atoms with E-state index >= 15 is 0 Å². The first kappa shape index (κ1) is 38.6. The maximum absolute atomic E-state index is 11.9. The fourth-order valence-electron chi connectivity index (χ4n) is 3.25. The van der Waals surface area contributed by atoms with Gasteiger partial charge in [-0.15, -0.1) is 0 Å². The second-order valence-electron chi connectivity index (χ2n) is 9.67. The zero-order valence-electron chi connectivity index (χ0n) is 25.0. The predicted molar refractivity (Wildman–Crippen MR) is 152 cm³/mol. The lowest BCUT2D eigenvalue weighted by Gasteiger charge is -2.29. The number of rotatable bonds is 10. The molecular formula is C28H58N4O4. The summed E-state index contributed by atoms with van der Waals surface area (Å²) in [6.07, 6.45) is 8.97. The lowest BCUT2D eigenvalue weighted by atomic mass is 10.00. The van der Waals surface area contributed by atoms with Crippen LogP contribution >= 0.6 is 0 Å². The lowest BCUT2D eigenvalue weighted by Crippen LogP contribution is -2.43. The van der Waals surface area contributed by atoms with E-state index in [0.29, 0.717) is 12.0 Å². The first-order valence-electron chi connectivity index (χ1n) is 13.7. The summed E-state index contributed by atoms with van der Waals surface area (Å²) < 4.78 is 0. The van der Waals surface area contributed by atoms with Crippen LogP contribution in [0.1, 0.15) is 94.4 Å². The summed E-state index contributed by atoms with van der Waals surface area (Å²) in [6, 6.07) is 0.510. The van der Waals surface area contributed by atoms with Crippen molar-refractivity contribution < 1.29 is 19.5 Å². The number of carbonyl (C=O) groups excluding carboxylic acids is 3. The van der Waals surface area contributed by atoms with Crippen LogP contribution in [0.15, 0.2) is 11.6 Å². The normalized spacial score (nSPS) is 14.2. The van der Waals surface area contributed by atoms with Gasteiger partial charge in [0.25, 0.3) is 0 Å². The lowest BCUT2D eigenvalue weighted by molar-refractivity contribution is -0.132. The predicted octanol–water partition coefficient (Wildman–Crippen LogP) is 3.98. The van der Waals surface area contributed by atoms with Crippen LogP contribution < -0.4 is 10.6 Å². The molecule has 3 N–H and O–H groups in total. The van der Waals surface area contributed by atoms with Gasteiger partial charge in [0.15, 0.2) is 0 Å². The Bertz CT molecular complexity index is 572. The topological polar surface area (TPSA) is 102 Å². The highest BCUT2D eigenvalue weighted by Crippen LogP contribution is 2.13. The Kier molecular flexibility index (Phi) is 28.0. The van der Waals surface area contributed by atoms with Crippen molar-refractivity contribution in [2.75, 3.05) is 39.8 Å². The van der Waals surface area contributed by atoms with Crippen molar-refractivity contribution in [1.29, 1.82) is 0 Å². The number of piperidine rings is 1. The van der Waals surface area contributed by atoms with E-state index in [1.165, 1.54) is 50.1 Å². The third kappa shape index (κ3) is 21.4. The summed E-state index contributed by atoms with van der Waals surface area (Å²) in [7, 11) is 1.63. The van der Waals surface area contributed by atoms with Crippen molar-refractivity contribution >= 4 is 18.2 Å². The minimum Gasteiger partial charge on any atom is -0.395 e. The van der Waals surface area contributed by atoms with Crippen LogP contribution in [-0.2, 0) is 14.4 Å². The third-order valence-corrected chi connectivity index (χ3v) is 5.16. The number of amides is 3. The van der Waals surface area contributed by atoms with Crippen LogP contribution in [0.5, 0.6) is 0 Å². The highest BCUT2D eigenvalue weighted by Gasteiger charge is 2.22. The molecule has 0 aromatic heterocycles. The second-order valence-corrected chi connectivity index (χ2v) is 9.67. The molecule has 0 aliphatic carbocycles. The summed E-state index contributed by atoms with van der Waals surface area (Å²) in [5.74, 6) is -0.405. The molecule has 1 fully saturated rings. The molecule has 0 unspecified atom stereocenters. The van der Waals surface area contributed by atoms with Gasteiger partial charge in [0, 0.05) is 25.2 Å². The van der Waals surface area contributed by atoms with Gasteiger partial charge in [0.1, 0.15) is 0 Å². The minimum atomic E-state index is -0.276. The van der Waals surface area contributed by atoms with E-state index in [1.54, 1.807) is 20.0 Å². The van der Waals surface area contributed by atoms with E-state index in [9.17, 15) is 14.4 Å². The standard InChI is InChI=1S/C14H25N3O4.C8H17N.2C3H8/c1-10(2)12(17(4)13(20)8-15-9-19)7-11(3)14(21)16-5-6-18;1-8(2)9-6-4-3-5-7-9;2*1-3-2/h7,9-10,12,18H,5-6,8H2,1-4H3,(H,15,19)(H,16,21);8H,3-7H2,1-2H3;2*3H2,1-2H3/b11-7+;;;/t12-;;;/m1.../s1. The van der Waals surface area contributed by atoms with E-state index in [2.05, 4.69) is 57.1 Å². The Balaban J connectivity index is -0.000000590. The molecule has 36 heavy (non-hydrogen) atoms. The molecule has 1 atom stereocenters. The SMILES string of the molecule is C/C(=C\[C@H](C(C)C)N(C)C(=O)CNC=O)C(=O)NCCO.CC(C)N1CCCCC1.CCC.CCC. The van der Waals surface area contributed by atoms with Gasteiger partial charge in [-0.25, -0.2) is 0 Å². The van der Waals surface area contributed by atoms with Crippen LogP contribution in [0.4, 0.5) is 0 Å². The van der Waals surface area contributed by atoms with Crippen LogP contribution in [0.3, 0.4) is 0 Å². The van der Waals surface area contributed by atoms with E-state index in [-0.39, 0.29) is 43.5 Å². The number of aliphatic hydroxyl groups is 1. The zero-order valence-corrected chi connectivity index (χ0v) is 25.0. The smallest absolute Gasteiger partial charge is 0.246 e. The van der Waals surface area contributed by atoms with Gasteiger partial charge >= 0.3 is 0 Å². The quantitative estimate of drug-likeness (QED) is 0.302. The number of nitrogens with one attached hydrogen (secondary N) is 2. The average molecular weight is 515 g/mol. The molecule has 1 saturated heterocycles. The molecule has 214 valence electrons. The Morgan fingerprint density at radius 2 is 1.50 bits per heavy atom. The molecule has 8 nitrogen and oxygen atoms in total. The number of nitrogens with zero attached hydrogens (tertiary/aromatic N) is 2. The molecule has 0 saturated carbocycles. The molecule has 1 rings (SSSR count). The van der Waals surface area contributed by atoms with Crippen molar-refractivity contribution in [2.45, 2.75) is 107 Å². The molecule has 1 heterocycles. The highest BCUT2D eigenvalue weighted by molar-refractivity contribution is 5.93. The number of hydrogen-bond donors (Lipinski definition) is 3. The number of likely N-dealkylation sites (tertiary alicyclic amines) is 1. The van der Waals surface area contributed by atoms with Gasteiger partial charge in [0.05, 0.1) is 19.2 Å². The average Bonchev–Trinajstić information content (AvgIpc) is 2.85. The van der Waals surface area contributed by atoms with E-state index < -0.39 is 0 Å². The minimum absolute atomic E-state index is 0.0766. The fourth-order valence-corrected chi connectivity index (χ4v) is 3.25. The van der Waals surface area contributed by atoms with E-state index in [4.69, 9.17) is 5.11 Å². The molecule has 0 aromatic rings. The summed E-state index contributed by atoms with van der Waals surface area (Å²) in [4.78, 5) is 38.0. The van der Waals surface area contributed by atoms with Gasteiger partial charge in [-0.05, 0) is 52.6 Å². The number of carbonyl (C=O) groups is 3. The van der Waals surface area contributed by atoms with Crippen LogP contribution in [0, 0.1) is 5.92 Å². The van der Waals surface area contributed by atoms with Gasteiger partial charge in [-0.2, -0.15) is 0 Å². The molecule has 8 heteroatoms. The molecular weight excluding hydrogens is 456 g/mol. The van der Waals surface area contributed by atoms with Gasteiger partial charge < -0.3 is 25.5 Å². The molecule has 0 spiro atoms. The van der Waals surface area contributed by atoms with Crippen molar-refractivity contribution in [1.82, 2.24) is 20.4 Å². The van der Waals surface area contributed by atoms with Crippen molar-refractivity contribution in [3.05, 3.63) is 11.6 Å². The highest BCUT2D eigenvalue weighted by atomic mass is 16.3. The first-order chi connectivity index (χ1) is 17.0. The van der Waals surface area contributed by atoms with Gasteiger partial charge in [-0.3, -0.25) is 14.4 Å². The Hall–Kier alpha value is -1.93. The Morgan fingerprint density at radius 1 is 1.00 bits per heavy atom. The number of hydrogen-bond acceptors (Lipinski definition) is 5. The summed E-state index contributed by atoms with van der Waals surface area (Å²) in [5.41, 5.74) is 0.477. The van der Waals surface area contributed by atoms with Crippen molar-refractivity contribution in [2.24, 2.45) is 5.92 Å². The third-order valence-electron chi connectivity index (χ3n) is 5.16. The summed E-state index contributed by atoms with van der Waals surface area (Å²) in [6.45, 7) is 21.3. The Morgan fingerprint density at radius 3 is 1.86 bits per heavy atom. The molecule has 1 aliphatic heterocycles. The van der Waals surface area contributed by atoms with E-state index in [0.717, 1.165) is 6.04 Å². The van der Waals surface area contributed by atoms with Crippen molar-refractivity contribution in [3.63, 3.8) is 0 Å². The largest absolute Gasteiger partial charge is 0.395 e. The second kappa shape index (κ2) is 26.1. The zero-order chi connectivity index (χ0) is 28.5. The van der Waals surface area contributed by atoms with Crippen LogP contribution in [-0.4, -0.2) is 85.0 Å². The fraction of sp³-hybridized carbons (Fsp3) is 0.821. The summed E-state index contributed by atoms with van der Waals surface area (Å²) >= 11 is 0. The number of likely N-dealkylation sites (N-methyl/N-ethyl adjacent to an activating group) is 1. The summed E-state index contributed by atoms with van der Waals surface area (Å²) in [5, 5.41) is 13.6. The van der Waals surface area contributed by atoms with Gasteiger partial charge in [0.2, 0.25) is 18.2 Å². The molecule has 3 amide bonds. The molecule has 0 radical (unpaired) electrons. The Labute approximate surface area is 222 Å².